The van der Waals surface area contributed by atoms with Gasteiger partial charge in [-0.05, 0) is 55.7 Å². The molecule has 3 aliphatic heterocycles. The van der Waals surface area contributed by atoms with E-state index in [9.17, 15) is 14.4 Å². The molecule has 0 bridgehead atoms. The summed E-state index contributed by atoms with van der Waals surface area (Å²) in [5.74, 6) is 0.789. The van der Waals surface area contributed by atoms with E-state index < -0.39 is 11.3 Å². The van der Waals surface area contributed by atoms with E-state index in [4.69, 9.17) is 4.74 Å². The number of pyridine rings is 1. The van der Waals surface area contributed by atoms with Gasteiger partial charge in [0.1, 0.15) is 16.0 Å². The molecular weight excluding hydrogens is 518 g/mol. The summed E-state index contributed by atoms with van der Waals surface area (Å²) in [6.07, 6.45) is 4.88. The second kappa shape index (κ2) is 10.2. The Kier molecular flexibility index (Phi) is 6.55. The SMILES string of the molecule is CC(=O)N1CCCC(NC(=O)[C@@H]2Sc3nccc4c3C2NC(=O)N4c2ccc(Oc3cccnn3)cc2C)C1. The summed E-state index contributed by atoms with van der Waals surface area (Å²) in [5, 5.41) is 14.1. The number of amides is 4. The first-order valence-electron chi connectivity index (χ1n) is 12.8. The molecule has 1 aromatic carbocycles. The third kappa shape index (κ3) is 4.76. The number of nitrogens with one attached hydrogen (secondary N) is 2. The average Bonchev–Trinajstić information content (AvgIpc) is 3.30. The lowest BCUT2D eigenvalue weighted by Gasteiger charge is -2.36. The van der Waals surface area contributed by atoms with Gasteiger partial charge in [0.2, 0.25) is 17.7 Å². The number of anilines is 2. The second-order valence-corrected chi connectivity index (χ2v) is 10.9. The van der Waals surface area contributed by atoms with E-state index in [0.717, 1.165) is 29.0 Å². The Morgan fingerprint density at radius 3 is 2.82 bits per heavy atom. The maximum absolute atomic E-state index is 13.5. The van der Waals surface area contributed by atoms with Crippen LogP contribution in [0, 0.1) is 6.92 Å². The molecule has 2 aromatic heterocycles. The number of carbonyl (C=O) groups is 3. The standard InChI is InChI=1S/C27H27N7O4S/c1-15-13-18(38-21-6-3-10-29-32-21)7-8-19(15)34-20-9-11-28-26-22(20)23(31-27(34)37)24(39-26)25(36)30-17-5-4-12-33(14-17)16(2)35/h3,6-11,13,17,23-24H,4-5,12,14H2,1-2H3,(H,30,36)(H,31,37)/t17?,23?,24-/m1/s1. The van der Waals surface area contributed by atoms with E-state index in [0.29, 0.717) is 36.1 Å². The number of aromatic nitrogens is 3. The van der Waals surface area contributed by atoms with Gasteiger partial charge in [0.25, 0.3) is 0 Å². The lowest BCUT2D eigenvalue weighted by atomic mass is 9.98. The number of rotatable bonds is 5. The van der Waals surface area contributed by atoms with Gasteiger partial charge in [0.15, 0.2) is 0 Å². The van der Waals surface area contributed by atoms with Crippen molar-refractivity contribution in [2.24, 2.45) is 0 Å². The molecule has 11 nitrogen and oxygen atoms in total. The van der Waals surface area contributed by atoms with E-state index >= 15 is 0 Å². The summed E-state index contributed by atoms with van der Waals surface area (Å²) in [6, 6.07) is 9.75. The quantitative estimate of drug-likeness (QED) is 0.499. The van der Waals surface area contributed by atoms with Crippen LogP contribution in [0.1, 0.15) is 36.9 Å². The minimum atomic E-state index is -0.559. The number of benzene rings is 1. The van der Waals surface area contributed by atoms with Crippen molar-refractivity contribution >= 4 is 41.0 Å². The number of hydrogen-bond donors (Lipinski definition) is 2. The molecule has 12 heteroatoms. The van der Waals surface area contributed by atoms with Crippen LogP contribution in [-0.4, -0.2) is 62.3 Å². The maximum atomic E-state index is 13.5. The number of likely N-dealkylation sites (tertiary alicyclic amines) is 1. The van der Waals surface area contributed by atoms with Gasteiger partial charge in [-0.1, -0.05) is 11.8 Å². The zero-order chi connectivity index (χ0) is 27.1. The lowest BCUT2D eigenvalue weighted by Crippen LogP contribution is -2.53. The fraction of sp³-hybridized carbons (Fsp3) is 0.333. The molecule has 0 aliphatic carbocycles. The molecule has 39 heavy (non-hydrogen) atoms. The van der Waals surface area contributed by atoms with Gasteiger partial charge in [-0.2, -0.15) is 5.10 Å². The highest BCUT2D eigenvalue weighted by atomic mass is 32.2. The van der Waals surface area contributed by atoms with Crippen molar-refractivity contribution in [3.63, 3.8) is 0 Å². The summed E-state index contributed by atoms with van der Waals surface area (Å²) in [6.45, 7) is 4.65. The van der Waals surface area contributed by atoms with Gasteiger partial charge < -0.3 is 20.3 Å². The van der Waals surface area contributed by atoms with Crippen molar-refractivity contribution < 1.29 is 19.1 Å². The van der Waals surface area contributed by atoms with Crippen LogP contribution < -0.4 is 20.3 Å². The molecule has 5 heterocycles. The van der Waals surface area contributed by atoms with E-state index in [1.807, 2.05) is 19.1 Å². The number of hydrogen-bond acceptors (Lipinski definition) is 8. The average molecular weight is 546 g/mol. The highest BCUT2D eigenvalue weighted by Gasteiger charge is 2.47. The molecule has 1 fully saturated rings. The van der Waals surface area contributed by atoms with E-state index in [1.54, 1.807) is 53.4 Å². The Morgan fingerprint density at radius 1 is 1.18 bits per heavy atom. The van der Waals surface area contributed by atoms with Crippen molar-refractivity contribution in [1.82, 2.24) is 30.7 Å². The van der Waals surface area contributed by atoms with E-state index in [-0.39, 0.29) is 23.9 Å². The summed E-state index contributed by atoms with van der Waals surface area (Å²) in [7, 11) is 0. The summed E-state index contributed by atoms with van der Waals surface area (Å²) in [5.41, 5.74) is 3.04. The van der Waals surface area contributed by atoms with Crippen molar-refractivity contribution in [1.29, 1.82) is 0 Å². The Bertz CT molecular complexity index is 1450. The van der Waals surface area contributed by atoms with Crippen LogP contribution in [-0.2, 0) is 9.59 Å². The molecule has 3 aliphatic rings. The molecule has 200 valence electrons. The minimum absolute atomic E-state index is 0.00806. The van der Waals surface area contributed by atoms with Gasteiger partial charge in [0.05, 0.1) is 17.4 Å². The first kappa shape index (κ1) is 25.1. The zero-order valence-electron chi connectivity index (χ0n) is 21.5. The summed E-state index contributed by atoms with van der Waals surface area (Å²) >= 11 is 1.36. The molecule has 3 atom stereocenters. The van der Waals surface area contributed by atoms with Crippen molar-refractivity contribution in [3.05, 3.63) is 59.9 Å². The van der Waals surface area contributed by atoms with Crippen LogP contribution >= 0.6 is 11.8 Å². The number of ether oxygens (including phenoxy) is 1. The van der Waals surface area contributed by atoms with Crippen LogP contribution in [0.3, 0.4) is 0 Å². The fourth-order valence-electron chi connectivity index (χ4n) is 5.33. The Labute approximate surface area is 229 Å². The maximum Gasteiger partial charge on any atom is 0.327 e. The highest BCUT2D eigenvalue weighted by Crippen LogP contribution is 2.51. The molecule has 6 rings (SSSR count). The molecular formula is C27H27N7O4S. The fourth-order valence-corrected chi connectivity index (χ4v) is 6.57. The number of nitrogens with zero attached hydrogens (tertiary/aromatic N) is 5. The lowest BCUT2D eigenvalue weighted by molar-refractivity contribution is -0.131. The number of piperidine rings is 1. The van der Waals surface area contributed by atoms with Crippen LogP contribution in [0.15, 0.2) is 53.8 Å². The summed E-state index contributed by atoms with van der Waals surface area (Å²) in [4.78, 5) is 46.6. The minimum Gasteiger partial charge on any atom is -0.438 e. The molecule has 4 amide bonds. The second-order valence-electron chi connectivity index (χ2n) is 9.77. The third-order valence-electron chi connectivity index (χ3n) is 7.16. The zero-order valence-corrected chi connectivity index (χ0v) is 22.3. The largest absolute Gasteiger partial charge is 0.438 e. The molecule has 2 unspecified atom stereocenters. The number of urea groups is 1. The monoisotopic (exact) mass is 545 g/mol. The van der Waals surface area contributed by atoms with Crippen LogP contribution in [0.4, 0.5) is 16.2 Å². The van der Waals surface area contributed by atoms with Crippen molar-refractivity contribution in [3.8, 4) is 11.6 Å². The first-order valence-corrected chi connectivity index (χ1v) is 13.7. The van der Waals surface area contributed by atoms with Crippen molar-refractivity contribution in [2.45, 2.75) is 49.0 Å². The van der Waals surface area contributed by atoms with Gasteiger partial charge >= 0.3 is 6.03 Å². The Morgan fingerprint density at radius 2 is 2.05 bits per heavy atom. The number of thioether (sulfide) groups is 1. The Balaban J connectivity index is 1.24. The summed E-state index contributed by atoms with van der Waals surface area (Å²) < 4.78 is 5.79. The topological polar surface area (TPSA) is 130 Å². The van der Waals surface area contributed by atoms with E-state index in [2.05, 4.69) is 25.8 Å². The van der Waals surface area contributed by atoms with Crippen molar-refractivity contribution in [2.75, 3.05) is 18.0 Å². The predicted molar refractivity (Wildman–Crippen MR) is 144 cm³/mol. The van der Waals surface area contributed by atoms with E-state index in [1.165, 1.54) is 11.8 Å². The molecule has 2 N–H and O–H groups in total. The molecule has 3 aromatic rings. The number of carbonyl (C=O) groups excluding carboxylic acids is 3. The van der Waals surface area contributed by atoms with Gasteiger partial charge in [-0.15, -0.1) is 5.10 Å². The number of aryl methyl sites for hydroxylation is 1. The molecule has 0 radical (unpaired) electrons. The van der Waals surface area contributed by atoms with Crippen LogP contribution in [0.2, 0.25) is 0 Å². The van der Waals surface area contributed by atoms with Crippen LogP contribution in [0.25, 0.3) is 0 Å². The molecule has 0 saturated carbocycles. The van der Waals surface area contributed by atoms with Crippen LogP contribution in [0.5, 0.6) is 11.6 Å². The smallest absolute Gasteiger partial charge is 0.327 e. The molecule has 1 saturated heterocycles. The predicted octanol–water partition coefficient (Wildman–Crippen LogP) is 3.48. The third-order valence-corrected chi connectivity index (χ3v) is 8.45. The first-order chi connectivity index (χ1) is 18.9. The highest BCUT2D eigenvalue weighted by molar-refractivity contribution is 8.01. The van der Waals surface area contributed by atoms with Gasteiger partial charge in [0, 0.05) is 50.1 Å². The normalized spacial score (nSPS) is 21.7. The Hall–Kier alpha value is -4.19. The van der Waals surface area contributed by atoms with Gasteiger partial charge in [-0.25, -0.2) is 9.78 Å². The molecule has 0 spiro atoms. The van der Waals surface area contributed by atoms with Gasteiger partial charge in [-0.3, -0.25) is 14.5 Å².